The molecule has 2 rings (SSSR count). The molecule has 0 heterocycles. The Labute approximate surface area is 115 Å². The highest BCUT2D eigenvalue weighted by atomic mass is 79.9. The molecule has 0 aromatic heterocycles. The Kier molecular flexibility index (Phi) is 3.83. The van der Waals surface area contributed by atoms with E-state index in [9.17, 15) is 4.39 Å². The third kappa shape index (κ3) is 2.62. The lowest BCUT2D eigenvalue weighted by Gasteiger charge is -2.14. The third-order valence-corrected chi connectivity index (χ3v) is 3.99. The van der Waals surface area contributed by atoms with E-state index in [0.29, 0.717) is 5.56 Å². The monoisotopic (exact) mass is 307 g/mol. The highest BCUT2D eigenvalue weighted by molar-refractivity contribution is 9.10. The summed E-state index contributed by atoms with van der Waals surface area (Å²) in [6, 6.07) is 10.8. The van der Waals surface area contributed by atoms with Crippen LogP contribution in [0, 0.1) is 19.7 Å². The number of benzene rings is 2. The Balaban J connectivity index is 2.37. The fraction of sp³-hybridized carbons (Fsp3) is 0.200. The number of halogens is 2. The largest absolute Gasteiger partial charge is 0.320 e. The van der Waals surface area contributed by atoms with Gasteiger partial charge in [-0.25, -0.2) is 4.39 Å². The van der Waals surface area contributed by atoms with Gasteiger partial charge in [0.1, 0.15) is 5.82 Å². The molecule has 0 radical (unpaired) electrons. The Morgan fingerprint density at radius 1 is 1.00 bits per heavy atom. The van der Waals surface area contributed by atoms with Crippen molar-refractivity contribution in [3.63, 3.8) is 0 Å². The normalized spacial score (nSPS) is 12.5. The van der Waals surface area contributed by atoms with Crippen molar-refractivity contribution in [1.29, 1.82) is 0 Å². The molecule has 94 valence electrons. The van der Waals surface area contributed by atoms with Gasteiger partial charge in [0, 0.05) is 4.47 Å². The predicted octanol–water partition coefficient (Wildman–Crippen LogP) is 4.25. The summed E-state index contributed by atoms with van der Waals surface area (Å²) in [5, 5.41) is 0. The van der Waals surface area contributed by atoms with Gasteiger partial charge in [0.15, 0.2) is 0 Å². The second-order valence-electron chi connectivity index (χ2n) is 4.49. The van der Waals surface area contributed by atoms with Gasteiger partial charge in [-0.05, 0) is 48.2 Å². The fourth-order valence-corrected chi connectivity index (χ4v) is 2.10. The molecule has 3 heteroatoms. The van der Waals surface area contributed by atoms with Crippen molar-refractivity contribution in [2.45, 2.75) is 19.9 Å². The fourth-order valence-electron chi connectivity index (χ4n) is 1.86. The highest BCUT2D eigenvalue weighted by Gasteiger charge is 2.11. The van der Waals surface area contributed by atoms with Crippen LogP contribution in [0.25, 0.3) is 0 Å². The maximum absolute atomic E-state index is 13.5. The molecule has 2 N–H and O–H groups in total. The summed E-state index contributed by atoms with van der Waals surface area (Å²) >= 11 is 3.46. The van der Waals surface area contributed by atoms with Crippen LogP contribution in [0.2, 0.25) is 0 Å². The Morgan fingerprint density at radius 3 is 2.22 bits per heavy atom. The summed E-state index contributed by atoms with van der Waals surface area (Å²) < 4.78 is 14.6. The Bertz CT molecular complexity index is 529. The van der Waals surface area contributed by atoms with Crippen molar-refractivity contribution in [2.75, 3.05) is 0 Å². The third-order valence-electron chi connectivity index (χ3n) is 3.10. The van der Waals surface area contributed by atoms with Crippen LogP contribution in [0.1, 0.15) is 28.3 Å². The molecule has 2 aromatic rings. The minimum Gasteiger partial charge on any atom is -0.320 e. The molecule has 1 unspecified atom stereocenters. The zero-order valence-corrected chi connectivity index (χ0v) is 12.0. The van der Waals surface area contributed by atoms with E-state index in [-0.39, 0.29) is 11.9 Å². The SMILES string of the molecule is Cc1ccc(C(N)c2ccc(Br)c(C)c2)cc1F. The van der Waals surface area contributed by atoms with Gasteiger partial charge in [-0.1, -0.05) is 40.2 Å². The summed E-state index contributed by atoms with van der Waals surface area (Å²) in [7, 11) is 0. The Hall–Kier alpha value is -1.19. The first-order valence-corrected chi connectivity index (χ1v) is 6.56. The molecule has 0 spiro atoms. The van der Waals surface area contributed by atoms with Crippen LogP contribution in [0.5, 0.6) is 0 Å². The van der Waals surface area contributed by atoms with Gasteiger partial charge in [-0.2, -0.15) is 0 Å². The molecule has 0 saturated carbocycles. The van der Waals surface area contributed by atoms with Crippen molar-refractivity contribution in [3.05, 3.63) is 68.9 Å². The summed E-state index contributed by atoms with van der Waals surface area (Å²) in [5.74, 6) is -0.211. The molecule has 0 saturated heterocycles. The molecule has 0 aliphatic heterocycles. The van der Waals surface area contributed by atoms with E-state index in [2.05, 4.69) is 15.9 Å². The molecule has 0 bridgehead atoms. The van der Waals surface area contributed by atoms with Crippen LogP contribution in [0.4, 0.5) is 4.39 Å². The summed E-state index contributed by atoms with van der Waals surface area (Å²) in [6.07, 6.45) is 0. The van der Waals surface area contributed by atoms with Crippen molar-refractivity contribution in [2.24, 2.45) is 5.73 Å². The molecule has 1 atom stereocenters. The molecular weight excluding hydrogens is 293 g/mol. The molecule has 0 amide bonds. The lowest BCUT2D eigenvalue weighted by atomic mass is 9.97. The predicted molar refractivity (Wildman–Crippen MR) is 76.0 cm³/mol. The van der Waals surface area contributed by atoms with Crippen molar-refractivity contribution < 1.29 is 4.39 Å². The second-order valence-corrected chi connectivity index (χ2v) is 5.35. The number of hydrogen-bond donors (Lipinski definition) is 1. The molecule has 0 fully saturated rings. The maximum atomic E-state index is 13.5. The van der Waals surface area contributed by atoms with Gasteiger partial charge in [-0.3, -0.25) is 0 Å². The first kappa shape index (κ1) is 13.2. The van der Waals surface area contributed by atoms with Crippen LogP contribution in [0.15, 0.2) is 40.9 Å². The van der Waals surface area contributed by atoms with Crippen LogP contribution in [-0.4, -0.2) is 0 Å². The molecular formula is C15H15BrFN. The molecule has 2 aromatic carbocycles. The van der Waals surface area contributed by atoms with Crippen molar-refractivity contribution in [1.82, 2.24) is 0 Å². The number of aryl methyl sites for hydroxylation is 2. The standard InChI is InChI=1S/C15H15BrFN/c1-9-3-4-12(8-14(9)17)15(18)11-5-6-13(16)10(2)7-11/h3-8,15H,18H2,1-2H3. The first-order chi connectivity index (χ1) is 8.49. The highest BCUT2D eigenvalue weighted by Crippen LogP contribution is 2.25. The number of nitrogens with two attached hydrogens (primary N) is 1. The van der Waals surface area contributed by atoms with Gasteiger partial charge >= 0.3 is 0 Å². The van der Waals surface area contributed by atoms with E-state index in [1.165, 1.54) is 6.07 Å². The van der Waals surface area contributed by atoms with Gasteiger partial charge < -0.3 is 5.73 Å². The smallest absolute Gasteiger partial charge is 0.126 e. The van der Waals surface area contributed by atoms with Crippen LogP contribution >= 0.6 is 15.9 Å². The summed E-state index contributed by atoms with van der Waals surface area (Å²) in [6.45, 7) is 3.75. The zero-order chi connectivity index (χ0) is 13.3. The molecule has 1 nitrogen and oxygen atoms in total. The van der Waals surface area contributed by atoms with Gasteiger partial charge in [0.05, 0.1) is 6.04 Å². The maximum Gasteiger partial charge on any atom is 0.126 e. The van der Waals surface area contributed by atoms with E-state index in [1.807, 2.05) is 31.2 Å². The average Bonchev–Trinajstić information content (AvgIpc) is 2.35. The molecule has 0 aliphatic carbocycles. The summed E-state index contributed by atoms with van der Waals surface area (Å²) in [4.78, 5) is 0. The van der Waals surface area contributed by atoms with Gasteiger partial charge in [-0.15, -0.1) is 0 Å². The van der Waals surface area contributed by atoms with Crippen LogP contribution in [-0.2, 0) is 0 Å². The van der Waals surface area contributed by atoms with E-state index in [0.717, 1.165) is 21.2 Å². The van der Waals surface area contributed by atoms with E-state index >= 15 is 0 Å². The summed E-state index contributed by atoms with van der Waals surface area (Å²) in [5.41, 5.74) is 9.71. The molecule has 18 heavy (non-hydrogen) atoms. The first-order valence-electron chi connectivity index (χ1n) is 5.76. The van der Waals surface area contributed by atoms with Gasteiger partial charge in [0.2, 0.25) is 0 Å². The minimum absolute atomic E-state index is 0.211. The van der Waals surface area contributed by atoms with E-state index < -0.39 is 0 Å². The van der Waals surface area contributed by atoms with E-state index in [4.69, 9.17) is 5.73 Å². The zero-order valence-electron chi connectivity index (χ0n) is 10.4. The van der Waals surface area contributed by atoms with Gasteiger partial charge in [0.25, 0.3) is 0 Å². The number of rotatable bonds is 2. The van der Waals surface area contributed by atoms with Crippen LogP contribution in [0.3, 0.4) is 0 Å². The van der Waals surface area contributed by atoms with Crippen molar-refractivity contribution in [3.8, 4) is 0 Å². The average molecular weight is 308 g/mol. The lowest BCUT2D eigenvalue weighted by Crippen LogP contribution is -2.12. The quantitative estimate of drug-likeness (QED) is 0.881. The minimum atomic E-state index is -0.299. The van der Waals surface area contributed by atoms with Crippen molar-refractivity contribution >= 4 is 15.9 Å². The second kappa shape index (κ2) is 5.21. The number of hydrogen-bond acceptors (Lipinski definition) is 1. The lowest BCUT2D eigenvalue weighted by molar-refractivity contribution is 0.614. The van der Waals surface area contributed by atoms with E-state index in [1.54, 1.807) is 13.0 Å². The molecule has 0 aliphatic rings. The van der Waals surface area contributed by atoms with Crippen LogP contribution < -0.4 is 5.73 Å². The topological polar surface area (TPSA) is 26.0 Å². The Morgan fingerprint density at radius 2 is 1.61 bits per heavy atom.